The molecule has 5 aromatic rings. The van der Waals surface area contributed by atoms with E-state index in [1.807, 2.05) is 0 Å². The molecule has 1 aromatic heterocycles. The summed E-state index contributed by atoms with van der Waals surface area (Å²) in [6.45, 7) is 8.27. The predicted octanol–water partition coefficient (Wildman–Crippen LogP) is 7.35. The Hall–Kier alpha value is -3.43. The molecule has 4 aromatic carbocycles. The summed E-state index contributed by atoms with van der Waals surface area (Å²) < 4.78 is 7.16. The van der Waals surface area contributed by atoms with Crippen LogP contribution in [0.25, 0.3) is 32.4 Å². The maximum atomic E-state index is 7.16. The number of aromatic nitrogens is 1. The van der Waals surface area contributed by atoms with E-state index in [9.17, 15) is 0 Å². The fraction of sp³-hybridized carbons (Fsp3) is 0.343. The largest absolute Gasteiger partial charge is 0.483 e. The average Bonchev–Trinajstić information content (AvgIpc) is 3.29. The molecule has 4 atom stereocenters. The van der Waals surface area contributed by atoms with E-state index in [0.717, 1.165) is 37.1 Å². The van der Waals surface area contributed by atoms with Crippen LogP contribution in [0.2, 0.25) is 0 Å². The molecule has 188 valence electrons. The summed E-state index contributed by atoms with van der Waals surface area (Å²) in [5.41, 5.74) is 9.50. The second-order valence-electron chi connectivity index (χ2n) is 12.7. The lowest BCUT2D eigenvalue weighted by Gasteiger charge is -2.64. The number of likely N-dealkylation sites (tertiary alicyclic amines) is 1. The summed E-state index contributed by atoms with van der Waals surface area (Å²) >= 11 is 0. The van der Waals surface area contributed by atoms with Gasteiger partial charge in [-0.05, 0) is 85.1 Å². The minimum absolute atomic E-state index is 0.0219. The molecule has 3 heteroatoms. The summed E-state index contributed by atoms with van der Waals surface area (Å²) in [7, 11) is 2.34. The predicted molar refractivity (Wildman–Crippen MR) is 154 cm³/mol. The van der Waals surface area contributed by atoms with Crippen LogP contribution in [0.4, 0.5) is 0 Å². The highest BCUT2D eigenvalue weighted by molar-refractivity contribution is 6.25. The molecule has 3 nitrogen and oxygen atoms in total. The van der Waals surface area contributed by atoms with Crippen LogP contribution in [0.5, 0.6) is 5.75 Å². The van der Waals surface area contributed by atoms with E-state index in [1.165, 1.54) is 60.4 Å². The number of pyridine rings is 1. The van der Waals surface area contributed by atoms with Gasteiger partial charge in [-0.2, -0.15) is 0 Å². The van der Waals surface area contributed by atoms with Gasteiger partial charge in [-0.25, -0.2) is 4.98 Å². The van der Waals surface area contributed by atoms with Crippen molar-refractivity contribution in [3.63, 3.8) is 0 Å². The van der Waals surface area contributed by atoms with Gasteiger partial charge >= 0.3 is 0 Å². The van der Waals surface area contributed by atoms with Crippen LogP contribution in [0.15, 0.2) is 60.7 Å². The standard InChI is InChI=1S/C35H32N2O/c1-19-13-14-21-17-27-34(3)18-26-20(2)28-24-11-7-5-9-22(24)23-10-6-8-12-25(23)30(28)36-31(26)33-35(34,15-16-37(27)4)29(21)32(19)38-33/h5-14,27,33H,15-18H2,1-4H3/t27-,33-,34-,35-/m0/s1. The van der Waals surface area contributed by atoms with Crippen molar-refractivity contribution in [3.8, 4) is 5.75 Å². The molecule has 0 radical (unpaired) electrons. The normalized spacial score (nSPS) is 28.9. The molecule has 0 amide bonds. The van der Waals surface area contributed by atoms with Gasteiger partial charge in [0.05, 0.1) is 16.6 Å². The van der Waals surface area contributed by atoms with E-state index in [1.54, 1.807) is 0 Å². The Labute approximate surface area is 223 Å². The first-order valence-corrected chi connectivity index (χ1v) is 14.2. The van der Waals surface area contributed by atoms with Crippen LogP contribution in [-0.4, -0.2) is 29.5 Å². The Balaban J connectivity index is 1.44. The average molecular weight is 497 g/mol. The van der Waals surface area contributed by atoms with Crippen molar-refractivity contribution < 1.29 is 4.74 Å². The fourth-order valence-corrected chi connectivity index (χ4v) is 9.42. The summed E-state index contributed by atoms with van der Waals surface area (Å²) in [6.07, 6.45) is 3.26. The summed E-state index contributed by atoms with van der Waals surface area (Å²) in [4.78, 5) is 8.29. The van der Waals surface area contributed by atoms with Crippen molar-refractivity contribution in [1.29, 1.82) is 0 Å². The van der Waals surface area contributed by atoms with Gasteiger partial charge in [0.2, 0.25) is 0 Å². The molecule has 2 aliphatic carbocycles. The Morgan fingerprint density at radius 3 is 2.42 bits per heavy atom. The van der Waals surface area contributed by atoms with Crippen LogP contribution in [0, 0.1) is 19.3 Å². The Morgan fingerprint density at radius 2 is 1.63 bits per heavy atom. The van der Waals surface area contributed by atoms with Crippen LogP contribution >= 0.6 is 0 Å². The van der Waals surface area contributed by atoms with E-state index in [0.29, 0.717) is 6.04 Å². The van der Waals surface area contributed by atoms with E-state index < -0.39 is 0 Å². The summed E-state index contributed by atoms with van der Waals surface area (Å²) in [6, 6.07) is 22.9. The number of rotatable bonds is 0. The molecule has 1 saturated heterocycles. The highest BCUT2D eigenvalue weighted by Gasteiger charge is 2.70. The lowest BCUT2D eigenvalue weighted by Crippen LogP contribution is -2.68. The molecule has 0 N–H and O–H groups in total. The van der Waals surface area contributed by atoms with E-state index >= 15 is 0 Å². The maximum Gasteiger partial charge on any atom is 0.151 e. The molecule has 38 heavy (non-hydrogen) atoms. The lowest BCUT2D eigenvalue weighted by molar-refractivity contribution is -0.0910. The number of nitrogens with zero attached hydrogens (tertiary/aromatic N) is 2. The number of aryl methyl sites for hydroxylation is 2. The number of piperidine rings is 1. The van der Waals surface area contributed by atoms with E-state index in [2.05, 4.69) is 93.4 Å². The fourth-order valence-electron chi connectivity index (χ4n) is 9.42. The first-order valence-electron chi connectivity index (χ1n) is 14.2. The van der Waals surface area contributed by atoms with Crippen molar-refractivity contribution in [2.24, 2.45) is 5.41 Å². The van der Waals surface area contributed by atoms with Gasteiger partial charge in [0.25, 0.3) is 0 Å². The third-order valence-electron chi connectivity index (χ3n) is 11.2. The molecule has 1 spiro atoms. The van der Waals surface area contributed by atoms with E-state index in [-0.39, 0.29) is 16.9 Å². The lowest BCUT2D eigenvalue weighted by atomic mass is 9.44. The van der Waals surface area contributed by atoms with Gasteiger partial charge in [0.15, 0.2) is 6.10 Å². The molecule has 2 aliphatic heterocycles. The van der Waals surface area contributed by atoms with Crippen LogP contribution in [-0.2, 0) is 18.3 Å². The molecular formula is C35H32N2O. The second-order valence-corrected chi connectivity index (χ2v) is 12.7. The van der Waals surface area contributed by atoms with Gasteiger partial charge in [-0.1, -0.05) is 67.6 Å². The Morgan fingerprint density at radius 1 is 0.921 bits per heavy atom. The summed E-state index contributed by atoms with van der Waals surface area (Å²) in [5.74, 6) is 1.15. The molecule has 4 aliphatic rings. The van der Waals surface area contributed by atoms with Crippen LogP contribution in [0.3, 0.4) is 0 Å². The van der Waals surface area contributed by atoms with Gasteiger partial charge in [-0.3, -0.25) is 0 Å². The van der Waals surface area contributed by atoms with Gasteiger partial charge in [0, 0.05) is 27.8 Å². The first kappa shape index (κ1) is 21.5. The Bertz CT molecular complexity index is 1890. The summed E-state index contributed by atoms with van der Waals surface area (Å²) in [5, 5.41) is 6.48. The molecule has 2 bridgehead atoms. The highest BCUT2D eigenvalue weighted by Crippen LogP contribution is 2.71. The second kappa shape index (κ2) is 6.76. The number of likely N-dealkylation sites (N-methyl/N-ethyl adjacent to an activating group) is 1. The third-order valence-corrected chi connectivity index (χ3v) is 11.2. The number of ether oxygens (including phenoxy) is 1. The Kier molecular flexibility index (Phi) is 3.83. The van der Waals surface area contributed by atoms with Gasteiger partial charge in [-0.15, -0.1) is 0 Å². The molecule has 9 rings (SSSR count). The maximum absolute atomic E-state index is 7.16. The van der Waals surface area contributed by atoms with Crippen molar-refractivity contribution >= 4 is 32.4 Å². The molecule has 0 unspecified atom stereocenters. The molecule has 3 heterocycles. The minimum Gasteiger partial charge on any atom is -0.483 e. The zero-order valence-corrected chi connectivity index (χ0v) is 22.6. The van der Waals surface area contributed by atoms with E-state index in [4.69, 9.17) is 9.72 Å². The zero-order chi connectivity index (χ0) is 25.6. The SMILES string of the molecule is Cc1ccc2c3c1O[C@H]1c4nc5c6ccccc6c6ccccc6c5c(C)c4C[C@@]4(C)[C@H](C2)N(C)CC[C@]314. The van der Waals surface area contributed by atoms with Gasteiger partial charge < -0.3 is 9.64 Å². The molecule has 0 saturated carbocycles. The zero-order valence-electron chi connectivity index (χ0n) is 22.6. The number of hydrogen-bond donors (Lipinski definition) is 0. The van der Waals surface area contributed by atoms with Crippen molar-refractivity contribution in [3.05, 3.63) is 94.2 Å². The quantitative estimate of drug-likeness (QED) is 0.210. The van der Waals surface area contributed by atoms with Gasteiger partial charge in [0.1, 0.15) is 5.75 Å². The molecule has 1 fully saturated rings. The topological polar surface area (TPSA) is 25.4 Å². The highest BCUT2D eigenvalue weighted by atomic mass is 16.5. The number of hydrogen-bond acceptors (Lipinski definition) is 3. The van der Waals surface area contributed by atoms with Crippen molar-refractivity contribution in [2.45, 2.75) is 57.6 Å². The minimum atomic E-state index is -0.0315. The third kappa shape index (κ3) is 2.20. The monoisotopic (exact) mass is 496 g/mol. The van der Waals surface area contributed by atoms with Crippen LogP contribution in [0.1, 0.15) is 53.0 Å². The number of fused-ring (bicyclic) bond motifs is 8. The first-order chi connectivity index (χ1) is 18.4. The van der Waals surface area contributed by atoms with Crippen molar-refractivity contribution in [2.75, 3.05) is 13.6 Å². The molecular weight excluding hydrogens is 464 g/mol. The van der Waals surface area contributed by atoms with Crippen LogP contribution < -0.4 is 4.74 Å². The number of benzene rings is 4. The smallest absolute Gasteiger partial charge is 0.151 e. The van der Waals surface area contributed by atoms with Crippen molar-refractivity contribution in [1.82, 2.24) is 9.88 Å².